The smallest absolute Gasteiger partial charge is 0.335 e. The molecule has 0 aliphatic heterocycles. The first kappa shape index (κ1) is 10.7. The van der Waals surface area contributed by atoms with Gasteiger partial charge in [0.1, 0.15) is 0 Å². The Morgan fingerprint density at radius 2 is 2.29 bits per heavy atom. The summed E-state index contributed by atoms with van der Waals surface area (Å²) in [5, 5.41) is 9.39. The van der Waals surface area contributed by atoms with Crippen LogP contribution in [0.25, 0.3) is 0 Å². The van der Waals surface area contributed by atoms with E-state index in [9.17, 15) is 9.90 Å². The van der Waals surface area contributed by atoms with Crippen LogP contribution < -0.4 is 0 Å². The monoisotopic (exact) mass is 194 g/mol. The number of aryl methyl sites for hydroxylation is 1. The van der Waals surface area contributed by atoms with E-state index in [-0.39, 0.29) is 0 Å². The molecule has 1 aromatic carbocycles. The topological polar surface area (TPSA) is 46.5 Å². The van der Waals surface area contributed by atoms with Crippen LogP contribution in [0.1, 0.15) is 11.1 Å². The van der Waals surface area contributed by atoms with Crippen molar-refractivity contribution in [3.05, 3.63) is 35.4 Å². The standard InChI is InChI=1S/C11H14O3/c1-8-4-3-5-9(6-8)7-10(12)11(13)14-2/h3-6,10,12H,7H2,1-2H3/t10-/m1/s1. The van der Waals surface area contributed by atoms with Crippen LogP contribution in [0.5, 0.6) is 0 Å². The molecule has 0 unspecified atom stereocenters. The Kier molecular flexibility index (Phi) is 3.65. The number of esters is 1. The van der Waals surface area contributed by atoms with Crippen molar-refractivity contribution in [2.75, 3.05) is 7.11 Å². The molecule has 1 aromatic rings. The molecule has 76 valence electrons. The van der Waals surface area contributed by atoms with E-state index in [0.29, 0.717) is 6.42 Å². The molecule has 3 nitrogen and oxygen atoms in total. The SMILES string of the molecule is COC(=O)[C@H](O)Cc1cccc(C)c1. The fraction of sp³-hybridized carbons (Fsp3) is 0.364. The van der Waals surface area contributed by atoms with Crippen molar-refractivity contribution >= 4 is 5.97 Å². The quantitative estimate of drug-likeness (QED) is 0.732. The Morgan fingerprint density at radius 1 is 1.57 bits per heavy atom. The maximum atomic E-state index is 10.9. The number of aliphatic hydroxyl groups excluding tert-OH is 1. The molecule has 14 heavy (non-hydrogen) atoms. The van der Waals surface area contributed by atoms with E-state index in [4.69, 9.17) is 0 Å². The minimum Gasteiger partial charge on any atom is -0.467 e. The summed E-state index contributed by atoms with van der Waals surface area (Å²) in [5.74, 6) is -0.591. The highest BCUT2D eigenvalue weighted by Gasteiger charge is 2.15. The van der Waals surface area contributed by atoms with Crippen LogP contribution in [0.15, 0.2) is 24.3 Å². The molecule has 1 rings (SSSR count). The highest BCUT2D eigenvalue weighted by molar-refractivity contribution is 5.74. The molecule has 0 spiro atoms. The zero-order chi connectivity index (χ0) is 10.6. The van der Waals surface area contributed by atoms with Crippen molar-refractivity contribution in [1.29, 1.82) is 0 Å². The summed E-state index contributed by atoms with van der Waals surface area (Å²) in [6.07, 6.45) is -0.768. The van der Waals surface area contributed by atoms with Gasteiger partial charge in [0.05, 0.1) is 7.11 Å². The first-order chi connectivity index (χ1) is 6.63. The third-order valence-electron chi connectivity index (χ3n) is 1.98. The zero-order valence-electron chi connectivity index (χ0n) is 8.36. The van der Waals surface area contributed by atoms with Crippen molar-refractivity contribution in [2.24, 2.45) is 0 Å². The fourth-order valence-corrected chi connectivity index (χ4v) is 1.28. The predicted molar refractivity (Wildman–Crippen MR) is 52.9 cm³/mol. The third kappa shape index (κ3) is 2.85. The van der Waals surface area contributed by atoms with Gasteiger partial charge in [-0.2, -0.15) is 0 Å². The number of hydrogen-bond donors (Lipinski definition) is 1. The maximum absolute atomic E-state index is 10.9. The number of carbonyl (C=O) groups is 1. The molecule has 0 aliphatic carbocycles. The number of rotatable bonds is 3. The summed E-state index contributed by atoms with van der Waals surface area (Å²) in [6, 6.07) is 7.67. The molecule has 0 amide bonds. The van der Waals surface area contributed by atoms with E-state index in [1.807, 2.05) is 31.2 Å². The highest BCUT2D eigenvalue weighted by atomic mass is 16.5. The Labute approximate surface area is 83.3 Å². The van der Waals surface area contributed by atoms with Crippen molar-refractivity contribution in [2.45, 2.75) is 19.4 Å². The summed E-state index contributed by atoms with van der Waals surface area (Å²) in [7, 11) is 1.27. The number of aliphatic hydroxyl groups is 1. The predicted octanol–water partition coefficient (Wildman–Crippen LogP) is 1.07. The Bertz CT molecular complexity index is 320. The molecule has 0 saturated heterocycles. The number of benzene rings is 1. The van der Waals surface area contributed by atoms with Crippen LogP contribution in [0.3, 0.4) is 0 Å². The van der Waals surface area contributed by atoms with E-state index in [1.165, 1.54) is 7.11 Å². The second-order valence-corrected chi connectivity index (χ2v) is 3.23. The molecule has 0 saturated carbocycles. The Balaban J connectivity index is 2.64. The number of hydrogen-bond acceptors (Lipinski definition) is 3. The largest absolute Gasteiger partial charge is 0.467 e. The Hall–Kier alpha value is -1.35. The molecule has 0 aromatic heterocycles. The first-order valence-corrected chi connectivity index (χ1v) is 4.45. The molecular formula is C11H14O3. The molecule has 0 radical (unpaired) electrons. The van der Waals surface area contributed by atoms with Crippen molar-refractivity contribution in [3.63, 3.8) is 0 Å². The number of ether oxygens (including phenoxy) is 1. The second-order valence-electron chi connectivity index (χ2n) is 3.23. The highest BCUT2D eigenvalue weighted by Crippen LogP contribution is 2.07. The Morgan fingerprint density at radius 3 is 2.86 bits per heavy atom. The van der Waals surface area contributed by atoms with Gasteiger partial charge in [-0.1, -0.05) is 29.8 Å². The lowest BCUT2D eigenvalue weighted by molar-refractivity contribution is -0.150. The lowest BCUT2D eigenvalue weighted by Gasteiger charge is -2.08. The molecule has 0 fully saturated rings. The molecule has 0 aliphatic rings. The second kappa shape index (κ2) is 4.77. The van der Waals surface area contributed by atoms with Crippen LogP contribution in [0.2, 0.25) is 0 Å². The van der Waals surface area contributed by atoms with Gasteiger partial charge in [0, 0.05) is 6.42 Å². The van der Waals surface area contributed by atoms with Crippen LogP contribution in [-0.2, 0) is 16.0 Å². The van der Waals surface area contributed by atoms with Gasteiger partial charge in [0.2, 0.25) is 0 Å². The zero-order valence-corrected chi connectivity index (χ0v) is 8.36. The third-order valence-corrected chi connectivity index (χ3v) is 1.98. The normalized spacial score (nSPS) is 12.2. The van der Waals surface area contributed by atoms with Gasteiger partial charge < -0.3 is 9.84 Å². The van der Waals surface area contributed by atoms with Gasteiger partial charge in [-0.15, -0.1) is 0 Å². The minimum atomic E-state index is -1.07. The van der Waals surface area contributed by atoms with Gasteiger partial charge in [0.15, 0.2) is 6.10 Å². The van der Waals surface area contributed by atoms with Crippen LogP contribution >= 0.6 is 0 Å². The van der Waals surface area contributed by atoms with Gasteiger partial charge in [-0.25, -0.2) is 4.79 Å². The summed E-state index contributed by atoms with van der Waals surface area (Å²) in [4.78, 5) is 10.9. The maximum Gasteiger partial charge on any atom is 0.335 e. The van der Waals surface area contributed by atoms with Gasteiger partial charge in [-0.3, -0.25) is 0 Å². The first-order valence-electron chi connectivity index (χ1n) is 4.45. The fourth-order valence-electron chi connectivity index (χ4n) is 1.28. The summed E-state index contributed by atoms with van der Waals surface area (Å²) < 4.78 is 4.43. The molecular weight excluding hydrogens is 180 g/mol. The van der Waals surface area contributed by atoms with Crippen molar-refractivity contribution in [1.82, 2.24) is 0 Å². The van der Waals surface area contributed by atoms with Gasteiger partial charge in [-0.05, 0) is 12.5 Å². The lowest BCUT2D eigenvalue weighted by atomic mass is 10.1. The van der Waals surface area contributed by atoms with E-state index in [2.05, 4.69) is 4.74 Å². The van der Waals surface area contributed by atoms with Crippen molar-refractivity contribution < 1.29 is 14.6 Å². The molecule has 1 N–H and O–H groups in total. The van der Waals surface area contributed by atoms with Crippen LogP contribution in [0.4, 0.5) is 0 Å². The molecule has 3 heteroatoms. The van der Waals surface area contributed by atoms with Crippen LogP contribution in [-0.4, -0.2) is 24.3 Å². The average Bonchev–Trinajstić information content (AvgIpc) is 2.16. The summed E-state index contributed by atoms with van der Waals surface area (Å²) in [5.41, 5.74) is 2.04. The lowest BCUT2D eigenvalue weighted by Crippen LogP contribution is -2.24. The van der Waals surface area contributed by atoms with Crippen LogP contribution in [0, 0.1) is 6.92 Å². The van der Waals surface area contributed by atoms with E-state index < -0.39 is 12.1 Å². The molecule has 1 atom stereocenters. The average molecular weight is 194 g/mol. The van der Waals surface area contributed by atoms with Crippen molar-refractivity contribution in [3.8, 4) is 0 Å². The molecule has 0 heterocycles. The molecule has 0 bridgehead atoms. The van der Waals surface area contributed by atoms with Gasteiger partial charge >= 0.3 is 5.97 Å². The summed E-state index contributed by atoms with van der Waals surface area (Å²) in [6.45, 7) is 1.97. The van der Waals surface area contributed by atoms with Gasteiger partial charge in [0.25, 0.3) is 0 Å². The number of carbonyl (C=O) groups excluding carboxylic acids is 1. The summed E-state index contributed by atoms with van der Waals surface area (Å²) >= 11 is 0. The van der Waals surface area contributed by atoms with E-state index >= 15 is 0 Å². The van der Waals surface area contributed by atoms with E-state index in [1.54, 1.807) is 0 Å². The minimum absolute atomic E-state index is 0.300. The van der Waals surface area contributed by atoms with E-state index in [0.717, 1.165) is 11.1 Å². The number of methoxy groups -OCH3 is 1.